The third-order valence-corrected chi connectivity index (χ3v) is 3.23. The highest BCUT2D eigenvalue weighted by molar-refractivity contribution is 6.02. The topological polar surface area (TPSA) is 97.2 Å². The second-order valence-electron chi connectivity index (χ2n) is 6.73. The van der Waals surface area contributed by atoms with Crippen molar-refractivity contribution in [2.45, 2.75) is 53.8 Å². The van der Waals surface area contributed by atoms with Crippen LogP contribution < -0.4 is 10.1 Å². The summed E-state index contributed by atoms with van der Waals surface area (Å²) in [6, 6.07) is 7.04. The molecule has 28 heavy (non-hydrogen) atoms. The van der Waals surface area contributed by atoms with Gasteiger partial charge in [-0.3, -0.25) is 4.79 Å². The quantitative estimate of drug-likeness (QED) is 0.546. The number of ether oxygens (including phenoxy) is 2. The number of esters is 1. The van der Waals surface area contributed by atoms with Crippen molar-refractivity contribution in [3.8, 4) is 5.75 Å². The summed E-state index contributed by atoms with van der Waals surface area (Å²) in [6.07, 6.45) is 3.31. The number of hydrogen-bond donors (Lipinski definition) is 2. The molecule has 0 saturated heterocycles. The Kier molecular flexibility index (Phi) is 9.08. The Morgan fingerprint density at radius 3 is 2.39 bits per heavy atom. The van der Waals surface area contributed by atoms with E-state index in [4.69, 9.17) is 14.9 Å². The van der Waals surface area contributed by atoms with Crippen molar-refractivity contribution in [3.05, 3.63) is 48.0 Å². The fourth-order valence-corrected chi connectivity index (χ4v) is 2.17. The summed E-state index contributed by atoms with van der Waals surface area (Å²) in [5.74, 6) is 0.822. The van der Waals surface area contributed by atoms with Gasteiger partial charge >= 0.3 is 5.97 Å². The van der Waals surface area contributed by atoms with Crippen molar-refractivity contribution >= 4 is 17.4 Å². The molecule has 0 aliphatic heterocycles. The van der Waals surface area contributed by atoms with Crippen LogP contribution in [0.3, 0.4) is 0 Å². The average Bonchev–Trinajstić information content (AvgIpc) is 2.66. The lowest BCUT2D eigenvalue weighted by atomic mass is 10.1. The number of nitrogens with one attached hydrogen (secondary N) is 2. The zero-order valence-electron chi connectivity index (χ0n) is 17.5. The van der Waals surface area contributed by atoms with Crippen LogP contribution in [0.15, 0.2) is 36.7 Å². The zero-order chi connectivity index (χ0) is 21.2. The Morgan fingerprint density at radius 1 is 1.18 bits per heavy atom. The van der Waals surface area contributed by atoms with Gasteiger partial charge in [0.1, 0.15) is 24.5 Å². The lowest BCUT2D eigenvalue weighted by Gasteiger charge is -2.20. The minimum Gasteiger partial charge on any atom is -0.486 e. The number of aromatic nitrogens is 2. The van der Waals surface area contributed by atoms with Gasteiger partial charge in [-0.15, -0.1) is 0 Å². The molecule has 7 nitrogen and oxygen atoms in total. The highest BCUT2D eigenvalue weighted by atomic mass is 16.6. The number of anilines is 1. The molecule has 0 saturated carbocycles. The Morgan fingerprint density at radius 2 is 1.82 bits per heavy atom. The maximum atomic E-state index is 11.9. The lowest BCUT2D eigenvalue weighted by Crippen LogP contribution is -2.28. The molecule has 2 aromatic rings. The molecule has 0 radical (unpaired) electrons. The number of nitrogens with zero attached hydrogens (tertiary/aromatic N) is 2. The minimum atomic E-state index is -0.531. The van der Waals surface area contributed by atoms with E-state index in [1.807, 2.05) is 34.6 Å². The van der Waals surface area contributed by atoms with E-state index < -0.39 is 5.60 Å². The predicted molar refractivity (Wildman–Crippen MR) is 111 cm³/mol. The van der Waals surface area contributed by atoms with Crippen LogP contribution in [0.1, 0.15) is 52.9 Å². The van der Waals surface area contributed by atoms with E-state index in [1.54, 1.807) is 43.6 Å². The van der Waals surface area contributed by atoms with E-state index in [-0.39, 0.29) is 19.1 Å². The van der Waals surface area contributed by atoms with E-state index in [9.17, 15) is 4.79 Å². The van der Waals surface area contributed by atoms with Gasteiger partial charge in [0.05, 0.1) is 0 Å². The Bertz CT molecular complexity index is 771. The molecule has 0 amide bonds. The van der Waals surface area contributed by atoms with Crippen molar-refractivity contribution in [1.29, 1.82) is 5.41 Å². The van der Waals surface area contributed by atoms with Gasteiger partial charge in [0, 0.05) is 29.4 Å². The molecule has 0 bridgehead atoms. The molecule has 0 unspecified atom stereocenters. The molecule has 0 spiro atoms. The number of benzene rings is 1. The molecule has 2 rings (SSSR count). The van der Waals surface area contributed by atoms with E-state index in [0.717, 1.165) is 0 Å². The fraction of sp³-hybridized carbons (Fsp3) is 0.429. The molecule has 0 aliphatic rings. The molecule has 0 aliphatic carbocycles. The third kappa shape index (κ3) is 8.16. The number of carbonyl (C=O) groups excluding carboxylic acids is 1. The highest BCUT2D eigenvalue weighted by Gasteiger charge is 2.16. The van der Waals surface area contributed by atoms with Crippen LogP contribution in [0.5, 0.6) is 5.75 Å². The van der Waals surface area contributed by atoms with Crippen LogP contribution in [0.4, 0.5) is 5.69 Å². The summed E-state index contributed by atoms with van der Waals surface area (Å²) in [4.78, 5) is 20.1. The summed E-state index contributed by atoms with van der Waals surface area (Å²) in [6.45, 7) is 11.4. The van der Waals surface area contributed by atoms with Gasteiger partial charge in [0.15, 0.2) is 5.82 Å². The van der Waals surface area contributed by atoms with Crippen molar-refractivity contribution in [3.63, 3.8) is 0 Å². The second kappa shape index (κ2) is 11.0. The standard InChI is InChI=1S/C19H24N4O3.C2H6/c1-13(20)15-10-14(25-12-17-21-8-5-9-22-17)6-7-16(15)23-11-18(24)26-19(2,3)4;1-2/h5-10,20,23H,11-12H2,1-4H3;1-2H3. The maximum Gasteiger partial charge on any atom is 0.325 e. The molecule has 0 atom stereocenters. The first-order valence-electron chi connectivity index (χ1n) is 9.28. The highest BCUT2D eigenvalue weighted by Crippen LogP contribution is 2.23. The summed E-state index contributed by atoms with van der Waals surface area (Å²) in [5.41, 5.74) is 1.15. The first-order valence-corrected chi connectivity index (χ1v) is 9.28. The molecule has 2 N–H and O–H groups in total. The van der Waals surface area contributed by atoms with Gasteiger partial charge in [-0.2, -0.15) is 0 Å². The Balaban J connectivity index is 0.00000190. The predicted octanol–water partition coefficient (Wildman–Crippen LogP) is 4.22. The summed E-state index contributed by atoms with van der Waals surface area (Å²) in [7, 11) is 0. The Labute approximate surface area is 167 Å². The van der Waals surface area contributed by atoms with Crippen LogP contribution in [0, 0.1) is 5.41 Å². The SMILES string of the molecule is CC.CC(=N)c1cc(OCc2ncccn2)ccc1NCC(=O)OC(C)(C)C. The molecule has 7 heteroatoms. The number of hydrogen-bond acceptors (Lipinski definition) is 7. The minimum absolute atomic E-state index is 0.0234. The lowest BCUT2D eigenvalue weighted by molar-refractivity contribution is -0.152. The molecule has 1 aromatic carbocycles. The zero-order valence-corrected chi connectivity index (χ0v) is 17.5. The van der Waals surface area contributed by atoms with Crippen LogP contribution in [-0.2, 0) is 16.1 Å². The smallest absolute Gasteiger partial charge is 0.325 e. The van der Waals surface area contributed by atoms with Crippen molar-refractivity contribution in [2.75, 3.05) is 11.9 Å². The number of carbonyl (C=O) groups is 1. The molecular weight excluding hydrogens is 356 g/mol. The fourth-order valence-electron chi connectivity index (χ4n) is 2.17. The van der Waals surface area contributed by atoms with Crippen LogP contribution in [-0.4, -0.2) is 33.8 Å². The van der Waals surface area contributed by atoms with E-state index in [2.05, 4.69) is 15.3 Å². The van der Waals surface area contributed by atoms with Crippen LogP contribution >= 0.6 is 0 Å². The first-order chi connectivity index (χ1) is 13.2. The van der Waals surface area contributed by atoms with E-state index in [1.165, 1.54) is 0 Å². The normalized spacial score (nSPS) is 10.4. The van der Waals surface area contributed by atoms with E-state index >= 15 is 0 Å². The summed E-state index contributed by atoms with van der Waals surface area (Å²) >= 11 is 0. The van der Waals surface area contributed by atoms with Gasteiger partial charge in [-0.25, -0.2) is 9.97 Å². The van der Waals surface area contributed by atoms with E-state index in [0.29, 0.717) is 28.5 Å². The van der Waals surface area contributed by atoms with Gasteiger partial charge in [0.2, 0.25) is 0 Å². The first kappa shape index (κ1) is 23.1. The Hall–Kier alpha value is -2.96. The monoisotopic (exact) mass is 386 g/mol. The maximum absolute atomic E-state index is 11.9. The molecule has 152 valence electrons. The van der Waals surface area contributed by atoms with Crippen LogP contribution in [0.2, 0.25) is 0 Å². The molecule has 1 heterocycles. The van der Waals surface area contributed by atoms with Crippen molar-refractivity contribution in [2.24, 2.45) is 0 Å². The van der Waals surface area contributed by atoms with Gasteiger partial charge in [0.25, 0.3) is 0 Å². The summed E-state index contributed by atoms with van der Waals surface area (Å²) < 4.78 is 11.0. The molecule has 0 fully saturated rings. The molecule has 1 aromatic heterocycles. The second-order valence-corrected chi connectivity index (χ2v) is 6.73. The van der Waals surface area contributed by atoms with Crippen LogP contribution in [0.25, 0.3) is 0 Å². The average molecular weight is 386 g/mol. The van der Waals surface area contributed by atoms with Crippen molar-refractivity contribution < 1.29 is 14.3 Å². The van der Waals surface area contributed by atoms with Gasteiger partial charge in [-0.05, 0) is 52.0 Å². The summed E-state index contributed by atoms with van der Waals surface area (Å²) in [5, 5.41) is 11.0. The molecular formula is C21H30N4O3. The van der Waals surface area contributed by atoms with Gasteiger partial charge in [-0.1, -0.05) is 13.8 Å². The van der Waals surface area contributed by atoms with Gasteiger partial charge < -0.3 is 20.2 Å². The van der Waals surface area contributed by atoms with Crippen molar-refractivity contribution in [1.82, 2.24) is 9.97 Å². The third-order valence-electron chi connectivity index (χ3n) is 3.23. The number of rotatable bonds is 7. The largest absolute Gasteiger partial charge is 0.486 e.